The molecule has 0 bridgehead atoms. The van der Waals surface area contributed by atoms with Crippen LogP contribution in [-0.4, -0.2) is 25.2 Å². The number of methoxy groups -OCH3 is 1. The van der Waals surface area contributed by atoms with Crippen LogP contribution in [0.15, 0.2) is 23.6 Å². The smallest absolute Gasteiger partial charge is 0.131 e. The van der Waals surface area contributed by atoms with E-state index in [2.05, 4.69) is 10.3 Å². The number of hydrogen-bond acceptors (Lipinski definition) is 5. The minimum absolute atomic E-state index is 0.454. The molecule has 0 radical (unpaired) electrons. The molecule has 6 heteroatoms. The van der Waals surface area contributed by atoms with E-state index in [4.69, 9.17) is 21.1 Å². The summed E-state index contributed by atoms with van der Waals surface area (Å²) < 4.78 is 10.9. The van der Waals surface area contributed by atoms with Crippen LogP contribution in [0.1, 0.15) is 16.3 Å². The maximum Gasteiger partial charge on any atom is 0.131 e. The highest BCUT2D eigenvalue weighted by atomic mass is 35.5. The van der Waals surface area contributed by atoms with Crippen molar-refractivity contribution in [2.75, 3.05) is 20.3 Å². The number of benzene rings is 1. The minimum atomic E-state index is 0.454. The number of rotatable bonds is 8. The van der Waals surface area contributed by atoms with Gasteiger partial charge in [0.25, 0.3) is 0 Å². The van der Waals surface area contributed by atoms with E-state index in [0.29, 0.717) is 24.8 Å². The Balaban J connectivity index is 1.99. The van der Waals surface area contributed by atoms with Gasteiger partial charge < -0.3 is 14.8 Å². The van der Waals surface area contributed by atoms with Crippen LogP contribution in [0.3, 0.4) is 0 Å². The molecule has 0 aliphatic carbocycles. The molecule has 21 heavy (non-hydrogen) atoms. The quantitative estimate of drug-likeness (QED) is 0.755. The predicted molar refractivity (Wildman–Crippen MR) is 86.2 cm³/mol. The van der Waals surface area contributed by atoms with Crippen molar-refractivity contribution in [3.8, 4) is 5.75 Å². The lowest BCUT2D eigenvalue weighted by molar-refractivity contribution is 0.199. The highest BCUT2D eigenvalue weighted by molar-refractivity contribution is 7.09. The van der Waals surface area contributed by atoms with E-state index in [-0.39, 0.29) is 0 Å². The fraction of sp³-hybridized carbons (Fsp3) is 0.400. The van der Waals surface area contributed by atoms with Gasteiger partial charge in [0.1, 0.15) is 12.4 Å². The first-order chi connectivity index (χ1) is 10.2. The van der Waals surface area contributed by atoms with E-state index in [9.17, 15) is 0 Å². The van der Waals surface area contributed by atoms with Crippen molar-refractivity contribution < 1.29 is 9.47 Å². The number of aromatic nitrogens is 1. The van der Waals surface area contributed by atoms with E-state index >= 15 is 0 Å². The lowest BCUT2D eigenvalue weighted by atomic mass is 10.2. The molecule has 0 unspecified atom stereocenters. The van der Waals surface area contributed by atoms with Crippen molar-refractivity contribution in [1.29, 1.82) is 0 Å². The third kappa shape index (κ3) is 4.97. The number of ether oxygens (including phenoxy) is 2. The summed E-state index contributed by atoms with van der Waals surface area (Å²) in [6.07, 6.45) is 0. The topological polar surface area (TPSA) is 43.4 Å². The molecule has 2 rings (SSSR count). The van der Waals surface area contributed by atoms with Crippen molar-refractivity contribution >= 4 is 22.9 Å². The number of thiazole rings is 1. The van der Waals surface area contributed by atoms with Gasteiger partial charge in [-0.3, -0.25) is 0 Å². The molecule has 1 aromatic carbocycles. The summed E-state index contributed by atoms with van der Waals surface area (Å²) in [6, 6.07) is 5.69. The molecule has 4 nitrogen and oxygen atoms in total. The third-order valence-electron chi connectivity index (χ3n) is 2.90. The van der Waals surface area contributed by atoms with Crippen LogP contribution in [0.5, 0.6) is 5.75 Å². The molecular formula is C15H19ClN2O2S. The maximum absolute atomic E-state index is 6.26. The van der Waals surface area contributed by atoms with E-state index in [0.717, 1.165) is 28.6 Å². The molecule has 0 aliphatic rings. The number of aryl methyl sites for hydroxylation is 1. The van der Waals surface area contributed by atoms with Crippen LogP contribution >= 0.6 is 22.9 Å². The monoisotopic (exact) mass is 326 g/mol. The van der Waals surface area contributed by atoms with Gasteiger partial charge in [-0.15, -0.1) is 11.3 Å². The van der Waals surface area contributed by atoms with Gasteiger partial charge in [0.05, 0.1) is 17.3 Å². The van der Waals surface area contributed by atoms with Crippen molar-refractivity contribution in [1.82, 2.24) is 10.3 Å². The Bertz CT molecular complexity index is 575. The molecule has 0 amide bonds. The molecule has 1 aromatic heterocycles. The second-order valence-corrected chi connectivity index (χ2v) is 6.00. The fourth-order valence-electron chi connectivity index (χ4n) is 1.86. The first kappa shape index (κ1) is 16.2. The molecule has 0 saturated carbocycles. The summed E-state index contributed by atoms with van der Waals surface area (Å²) in [4.78, 5) is 4.39. The molecular weight excluding hydrogens is 308 g/mol. The van der Waals surface area contributed by atoms with Crippen LogP contribution in [0.4, 0.5) is 0 Å². The van der Waals surface area contributed by atoms with Gasteiger partial charge in [-0.25, -0.2) is 4.98 Å². The summed E-state index contributed by atoms with van der Waals surface area (Å²) in [5, 5.41) is 7.04. The van der Waals surface area contributed by atoms with E-state index in [1.54, 1.807) is 18.4 Å². The molecule has 0 fully saturated rings. The van der Waals surface area contributed by atoms with Crippen LogP contribution < -0.4 is 10.1 Å². The summed E-state index contributed by atoms with van der Waals surface area (Å²) in [6.45, 7) is 4.52. The van der Waals surface area contributed by atoms with E-state index in [1.807, 2.05) is 30.5 Å². The van der Waals surface area contributed by atoms with Gasteiger partial charge in [0, 0.05) is 36.2 Å². The fourth-order valence-corrected chi connectivity index (χ4v) is 2.69. The van der Waals surface area contributed by atoms with E-state index < -0.39 is 0 Å². The normalized spacial score (nSPS) is 10.8. The first-order valence-electron chi connectivity index (χ1n) is 6.71. The molecule has 0 spiro atoms. The van der Waals surface area contributed by atoms with Gasteiger partial charge in [0.15, 0.2) is 0 Å². The Labute approximate surface area is 134 Å². The molecule has 114 valence electrons. The number of nitrogens with one attached hydrogen (secondary N) is 1. The van der Waals surface area contributed by atoms with Gasteiger partial charge >= 0.3 is 0 Å². The molecule has 1 N–H and O–H groups in total. The van der Waals surface area contributed by atoms with Gasteiger partial charge in [-0.2, -0.15) is 0 Å². The third-order valence-corrected chi connectivity index (χ3v) is 4.08. The van der Waals surface area contributed by atoms with E-state index in [1.165, 1.54) is 0 Å². The predicted octanol–water partition coefficient (Wildman–Crippen LogP) is 3.42. The average Bonchev–Trinajstić information content (AvgIpc) is 2.89. The minimum Gasteiger partial charge on any atom is -0.487 e. The largest absolute Gasteiger partial charge is 0.487 e. The Morgan fingerprint density at radius 3 is 2.95 bits per heavy atom. The summed E-state index contributed by atoms with van der Waals surface area (Å²) in [7, 11) is 1.68. The Morgan fingerprint density at radius 1 is 1.38 bits per heavy atom. The van der Waals surface area contributed by atoms with Crippen LogP contribution in [0.25, 0.3) is 0 Å². The highest BCUT2D eigenvalue weighted by Crippen LogP contribution is 2.27. The van der Waals surface area contributed by atoms with Gasteiger partial charge in [-0.1, -0.05) is 17.7 Å². The van der Waals surface area contributed by atoms with Gasteiger partial charge in [-0.05, 0) is 19.1 Å². The van der Waals surface area contributed by atoms with Crippen molar-refractivity contribution in [3.63, 3.8) is 0 Å². The maximum atomic E-state index is 6.26. The Hall–Kier alpha value is -1.14. The lowest BCUT2D eigenvalue weighted by Crippen LogP contribution is -2.19. The van der Waals surface area contributed by atoms with Crippen LogP contribution in [0, 0.1) is 6.92 Å². The molecule has 1 heterocycles. The zero-order valence-corrected chi connectivity index (χ0v) is 13.8. The Kier molecular flexibility index (Phi) is 6.45. The Morgan fingerprint density at radius 2 is 2.24 bits per heavy atom. The van der Waals surface area contributed by atoms with Crippen molar-refractivity contribution in [3.05, 3.63) is 44.9 Å². The molecule has 0 saturated heterocycles. The van der Waals surface area contributed by atoms with Crippen LogP contribution in [-0.2, 0) is 17.9 Å². The average molecular weight is 327 g/mol. The highest BCUT2D eigenvalue weighted by Gasteiger charge is 2.09. The second kappa shape index (κ2) is 8.34. The van der Waals surface area contributed by atoms with Gasteiger partial charge in [0.2, 0.25) is 0 Å². The number of nitrogens with zero attached hydrogens (tertiary/aromatic N) is 1. The number of halogens is 1. The lowest BCUT2D eigenvalue weighted by Gasteiger charge is -2.13. The number of hydrogen-bond donors (Lipinski definition) is 1. The molecule has 2 aromatic rings. The first-order valence-corrected chi connectivity index (χ1v) is 7.97. The summed E-state index contributed by atoms with van der Waals surface area (Å²) in [5.41, 5.74) is 1.90. The second-order valence-electron chi connectivity index (χ2n) is 4.53. The standard InChI is InChI=1S/C15H19ClN2O2S/c1-11-18-12(10-21-11)9-20-15-5-3-4-14(16)13(15)8-17-6-7-19-2/h3-5,10,17H,6-9H2,1-2H3. The summed E-state index contributed by atoms with van der Waals surface area (Å²) >= 11 is 7.89. The molecule has 0 aliphatic heterocycles. The SMILES string of the molecule is COCCNCc1c(Cl)cccc1OCc1csc(C)n1. The van der Waals surface area contributed by atoms with Crippen molar-refractivity contribution in [2.45, 2.75) is 20.1 Å². The zero-order chi connectivity index (χ0) is 15.1. The van der Waals surface area contributed by atoms with Crippen LogP contribution in [0.2, 0.25) is 5.02 Å². The summed E-state index contributed by atoms with van der Waals surface area (Å²) in [5.74, 6) is 0.790. The molecule has 0 atom stereocenters. The van der Waals surface area contributed by atoms with Crippen molar-refractivity contribution in [2.24, 2.45) is 0 Å². The zero-order valence-electron chi connectivity index (χ0n) is 12.2.